The van der Waals surface area contributed by atoms with Crippen molar-refractivity contribution in [3.63, 3.8) is 0 Å². The number of ketones is 1. The van der Waals surface area contributed by atoms with Crippen LogP contribution in [-0.2, 0) is 4.74 Å². The summed E-state index contributed by atoms with van der Waals surface area (Å²) in [5.74, 6) is 0.265. The van der Waals surface area contributed by atoms with Crippen molar-refractivity contribution in [2.24, 2.45) is 0 Å². The molecule has 1 aromatic carbocycles. The maximum Gasteiger partial charge on any atom is 0.251 e. The number of ether oxygens (including phenoxy) is 2. The maximum absolute atomic E-state index is 12.5. The molecule has 1 aliphatic heterocycles. The first kappa shape index (κ1) is 28.9. The number of amides is 1. The Kier molecular flexibility index (Phi) is 14.9. The number of rotatable bonds is 20. The Morgan fingerprint density at radius 3 is 2.00 bits per heavy atom. The zero-order valence-electron chi connectivity index (χ0n) is 22.2. The molecule has 1 heterocycles. The highest BCUT2D eigenvalue weighted by molar-refractivity contribution is 6.12. The largest absolute Gasteiger partial charge is 0.497 e. The van der Waals surface area contributed by atoms with E-state index >= 15 is 0 Å². The molecule has 35 heavy (non-hydrogen) atoms. The fourth-order valence-electron chi connectivity index (χ4n) is 4.30. The highest BCUT2D eigenvalue weighted by Gasteiger charge is 2.28. The molecule has 0 aromatic heterocycles. The van der Waals surface area contributed by atoms with Crippen LogP contribution in [0.4, 0.5) is 0 Å². The van der Waals surface area contributed by atoms with Gasteiger partial charge in [0, 0.05) is 12.1 Å². The van der Waals surface area contributed by atoms with Gasteiger partial charge in [0.05, 0.1) is 12.2 Å². The van der Waals surface area contributed by atoms with E-state index in [0.29, 0.717) is 30.0 Å². The summed E-state index contributed by atoms with van der Waals surface area (Å²) in [6.45, 7) is 5.57. The minimum Gasteiger partial charge on any atom is -0.497 e. The van der Waals surface area contributed by atoms with Gasteiger partial charge in [-0.2, -0.15) is 0 Å². The normalized spacial score (nSPS) is 13.7. The van der Waals surface area contributed by atoms with Gasteiger partial charge in [-0.05, 0) is 31.0 Å². The summed E-state index contributed by atoms with van der Waals surface area (Å²) < 4.78 is 11.0. The Balaban J connectivity index is 1.52. The van der Waals surface area contributed by atoms with E-state index in [1.807, 2.05) is 0 Å². The molecule has 5 heteroatoms. The highest BCUT2D eigenvalue weighted by atomic mass is 16.5. The van der Waals surface area contributed by atoms with Gasteiger partial charge in [-0.3, -0.25) is 9.59 Å². The molecule has 2 rings (SSSR count). The number of carbonyl (C=O) groups is 2. The van der Waals surface area contributed by atoms with Crippen LogP contribution in [0.2, 0.25) is 0 Å². The second-order valence-electron chi connectivity index (χ2n) is 9.70. The average Bonchev–Trinajstić information content (AvgIpc) is 3.18. The summed E-state index contributed by atoms with van der Waals surface area (Å²) in [7, 11) is 0. The molecule has 0 spiro atoms. The molecule has 0 unspecified atom stereocenters. The molecule has 1 N–H and O–H groups in total. The molecule has 1 aromatic rings. The van der Waals surface area contributed by atoms with Gasteiger partial charge in [-0.15, -0.1) is 0 Å². The lowest BCUT2D eigenvalue weighted by molar-refractivity contribution is 0.0951. The molecule has 1 amide bonds. The van der Waals surface area contributed by atoms with Crippen LogP contribution in [0.3, 0.4) is 0 Å². The summed E-state index contributed by atoms with van der Waals surface area (Å²) in [5, 5.41) is 2.99. The van der Waals surface area contributed by atoms with Crippen molar-refractivity contribution in [3.8, 4) is 5.75 Å². The Morgan fingerprint density at radius 1 is 0.829 bits per heavy atom. The number of unbranched alkanes of at least 4 members (excludes halogenated alkanes) is 14. The van der Waals surface area contributed by atoms with E-state index in [-0.39, 0.29) is 17.4 Å². The first-order chi connectivity index (χ1) is 17.2. The maximum atomic E-state index is 12.5. The SMILES string of the molecule is CCCCCCCCCCCCCCCCNC(=O)c1ccc2c(c1)O/C(=C\OCCCC)C2=O. The number of allylic oxidation sites excluding steroid dienone is 1. The average molecular weight is 486 g/mol. The zero-order valence-corrected chi connectivity index (χ0v) is 22.2. The quantitative estimate of drug-likeness (QED) is 0.115. The Bertz CT molecular complexity index is 787. The number of fused-ring (bicyclic) bond motifs is 1. The molecule has 0 saturated heterocycles. The molecule has 0 bridgehead atoms. The van der Waals surface area contributed by atoms with Crippen LogP contribution in [0, 0.1) is 0 Å². The number of Topliss-reactive ketones (excluding diaryl/α,β-unsaturated/α-hetero) is 1. The molecule has 5 nitrogen and oxygen atoms in total. The highest BCUT2D eigenvalue weighted by Crippen LogP contribution is 2.31. The summed E-state index contributed by atoms with van der Waals surface area (Å²) >= 11 is 0. The number of nitrogens with one attached hydrogen (secondary N) is 1. The van der Waals surface area contributed by atoms with Gasteiger partial charge >= 0.3 is 0 Å². The number of hydrogen-bond acceptors (Lipinski definition) is 4. The lowest BCUT2D eigenvalue weighted by Gasteiger charge is -2.07. The van der Waals surface area contributed by atoms with Crippen molar-refractivity contribution in [1.29, 1.82) is 0 Å². The van der Waals surface area contributed by atoms with E-state index in [1.54, 1.807) is 18.2 Å². The van der Waals surface area contributed by atoms with Crippen molar-refractivity contribution in [2.45, 2.75) is 117 Å². The van der Waals surface area contributed by atoms with Gasteiger partial charge in [0.1, 0.15) is 12.0 Å². The number of benzene rings is 1. The van der Waals surface area contributed by atoms with Crippen molar-refractivity contribution >= 4 is 11.7 Å². The third kappa shape index (κ3) is 11.3. The van der Waals surface area contributed by atoms with Crippen LogP contribution < -0.4 is 10.1 Å². The minimum absolute atomic E-state index is 0.129. The third-order valence-corrected chi connectivity index (χ3v) is 6.55. The molecular formula is C30H47NO4. The van der Waals surface area contributed by atoms with Gasteiger partial charge in [-0.1, -0.05) is 104 Å². The molecule has 0 aliphatic carbocycles. The molecule has 1 aliphatic rings. The van der Waals surface area contributed by atoms with Crippen LogP contribution in [0.5, 0.6) is 5.75 Å². The molecule has 0 fully saturated rings. The Hall–Kier alpha value is -2.30. The van der Waals surface area contributed by atoms with Crippen LogP contribution in [0.1, 0.15) is 137 Å². The van der Waals surface area contributed by atoms with E-state index in [2.05, 4.69) is 19.2 Å². The van der Waals surface area contributed by atoms with E-state index in [1.165, 1.54) is 83.3 Å². The zero-order chi connectivity index (χ0) is 25.1. The van der Waals surface area contributed by atoms with Crippen molar-refractivity contribution in [3.05, 3.63) is 41.3 Å². The van der Waals surface area contributed by atoms with Gasteiger partial charge in [0.25, 0.3) is 5.91 Å². The first-order valence-electron chi connectivity index (χ1n) is 14.1. The lowest BCUT2D eigenvalue weighted by atomic mass is 10.0. The smallest absolute Gasteiger partial charge is 0.251 e. The molecule has 196 valence electrons. The second-order valence-corrected chi connectivity index (χ2v) is 9.70. The molecule has 0 saturated carbocycles. The molecular weight excluding hydrogens is 438 g/mol. The van der Waals surface area contributed by atoms with E-state index < -0.39 is 0 Å². The standard InChI is InChI=1S/C30H47NO4/c1-3-5-7-8-9-10-11-12-13-14-15-16-17-18-21-31-30(33)25-19-20-26-27(23-25)35-28(29(26)32)24-34-22-6-4-2/h19-20,23-24H,3-18,21-22H2,1-2H3,(H,31,33)/b28-24-. The lowest BCUT2D eigenvalue weighted by Crippen LogP contribution is -2.24. The number of carbonyl (C=O) groups excluding carboxylic acids is 2. The minimum atomic E-state index is -0.203. The van der Waals surface area contributed by atoms with E-state index in [9.17, 15) is 9.59 Å². The second kappa shape index (κ2) is 18.0. The fraction of sp³-hybridized carbons (Fsp3) is 0.667. The summed E-state index contributed by atoms with van der Waals surface area (Å²) in [6.07, 6.45) is 21.8. The van der Waals surface area contributed by atoms with Crippen LogP contribution >= 0.6 is 0 Å². The van der Waals surface area contributed by atoms with Crippen molar-refractivity contribution in [2.75, 3.05) is 13.2 Å². The van der Waals surface area contributed by atoms with Crippen molar-refractivity contribution < 1.29 is 19.1 Å². The van der Waals surface area contributed by atoms with E-state index in [4.69, 9.17) is 9.47 Å². The van der Waals surface area contributed by atoms with Crippen LogP contribution in [-0.4, -0.2) is 24.8 Å². The van der Waals surface area contributed by atoms with Gasteiger partial charge in [0.2, 0.25) is 11.5 Å². The molecule has 0 atom stereocenters. The Morgan fingerprint density at radius 2 is 1.40 bits per heavy atom. The third-order valence-electron chi connectivity index (χ3n) is 6.55. The molecule has 0 radical (unpaired) electrons. The van der Waals surface area contributed by atoms with Crippen LogP contribution in [0.15, 0.2) is 30.2 Å². The van der Waals surface area contributed by atoms with Gasteiger partial charge in [-0.25, -0.2) is 0 Å². The summed E-state index contributed by atoms with van der Waals surface area (Å²) in [4.78, 5) is 24.9. The van der Waals surface area contributed by atoms with E-state index in [0.717, 1.165) is 25.7 Å². The van der Waals surface area contributed by atoms with Crippen LogP contribution in [0.25, 0.3) is 0 Å². The fourth-order valence-corrected chi connectivity index (χ4v) is 4.30. The van der Waals surface area contributed by atoms with Gasteiger partial charge < -0.3 is 14.8 Å². The number of hydrogen-bond donors (Lipinski definition) is 1. The first-order valence-corrected chi connectivity index (χ1v) is 14.1. The summed E-state index contributed by atoms with van der Waals surface area (Å²) in [5.41, 5.74) is 0.980. The topological polar surface area (TPSA) is 64.6 Å². The monoisotopic (exact) mass is 485 g/mol. The predicted molar refractivity (Wildman–Crippen MR) is 143 cm³/mol. The Labute approximate surface area is 213 Å². The van der Waals surface area contributed by atoms with Gasteiger partial charge in [0.15, 0.2) is 0 Å². The summed E-state index contributed by atoms with van der Waals surface area (Å²) in [6, 6.07) is 4.98. The van der Waals surface area contributed by atoms with Crippen molar-refractivity contribution in [1.82, 2.24) is 5.32 Å². The predicted octanol–water partition coefficient (Wildman–Crippen LogP) is 8.13.